The summed E-state index contributed by atoms with van der Waals surface area (Å²) in [5, 5.41) is 8.86. The zero-order chi connectivity index (χ0) is 19.6. The minimum atomic E-state index is -1.05. The number of hydrogen-bond donors (Lipinski definition) is 1. The zero-order valence-electron chi connectivity index (χ0n) is 15.5. The van der Waals surface area contributed by atoms with E-state index in [1.165, 1.54) is 7.11 Å². The molecule has 0 aromatic heterocycles. The highest BCUT2D eigenvalue weighted by Gasteiger charge is 2.13. The van der Waals surface area contributed by atoms with Crippen molar-refractivity contribution in [3.05, 3.63) is 65.7 Å². The van der Waals surface area contributed by atoms with Crippen molar-refractivity contribution in [1.82, 2.24) is 0 Å². The van der Waals surface area contributed by atoms with E-state index in [0.717, 1.165) is 22.4 Å². The Balaban J connectivity index is 2.20. The van der Waals surface area contributed by atoms with Gasteiger partial charge in [-0.2, -0.15) is 0 Å². The van der Waals surface area contributed by atoms with E-state index in [4.69, 9.17) is 19.3 Å². The van der Waals surface area contributed by atoms with Crippen LogP contribution in [-0.2, 0) is 17.8 Å². The van der Waals surface area contributed by atoms with Crippen LogP contribution in [0.2, 0.25) is 0 Å². The van der Waals surface area contributed by atoms with E-state index in [2.05, 4.69) is 11.6 Å². The number of benzene rings is 2. The van der Waals surface area contributed by atoms with Gasteiger partial charge in [-0.05, 0) is 41.8 Å². The largest absolute Gasteiger partial charge is 0.497 e. The van der Waals surface area contributed by atoms with Gasteiger partial charge in [0.05, 0.1) is 20.8 Å². The summed E-state index contributed by atoms with van der Waals surface area (Å²) in [6.07, 6.45) is 3.99. The van der Waals surface area contributed by atoms with Gasteiger partial charge in [0, 0.05) is 11.8 Å². The molecule has 0 aliphatic rings. The van der Waals surface area contributed by atoms with Gasteiger partial charge in [-0.3, -0.25) is 4.99 Å². The molecule has 1 N–H and O–H groups in total. The summed E-state index contributed by atoms with van der Waals surface area (Å²) < 4.78 is 15.9. The monoisotopic (exact) mass is 369 g/mol. The second kappa shape index (κ2) is 10.0. The molecule has 0 atom stereocenters. The number of aliphatic imine (C=N–C) groups is 1. The Morgan fingerprint density at radius 3 is 2.52 bits per heavy atom. The molecule has 0 saturated heterocycles. The van der Waals surface area contributed by atoms with Gasteiger partial charge in [-0.1, -0.05) is 18.2 Å². The third kappa shape index (κ3) is 5.88. The first-order chi connectivity index (χ1) is 13.1. The molecule has 0 bridgehead atoms. The number of carboxylic acid groups (broad SMARTS) is 1. The summed E-state index contributed by atoms with van der Waals surface area (Å²) in [5.41, 5.74) is 2.68. The Labute approximate surface area is 158 Å². The van der Waals surface area contributed by atoms with Crippen LogP contribution in [0.4, 0.5) is 0 Å². The second-order valence-electron chi connectivity index (χ2n) is 5.70. The smallest absolute Gasteiger partial charge is 0.341 e. The minimum Gasteiger partial charge on any atom is -0.497 e. The third-order valence-electron chi connectivity index (χ3n) is 3.75. The number of allylic oxidation sites excluding steroid dienone is 1. The zero-order valence-corrected chi connectivity index (χ0v) is 15.5. The van der Waals surface area contributed by atoms with Crippen LogP contribution in [0, 0.1) is 0 Å². The summed E-state index contributed by atoms with van der Waals surface area (Å²) in [6.45, 7) is 3.83. The molecule has 2 aromatic carbocycles. The summed E-state index contributed by atoms with van der Waals surface area (Å²) in [5.74, 6) is 0.624. The summed E-state index contributed by atoms with van der Waals surface area (Å²) in [6, 6.07) is 11.4. The van der Waals surface area contributed by atoms with Crippen molar-refractivity contribution in [2.45, 2.75) is 13.0 Å². The molecule has 0 saturated carbocycles. The first-order valence-corrected chi connectivity index (χ1v) is 8.36. The highest BCUT2D eigenvalue weighted by molar-refractivity contribution is 5.82. The quantitative estimate of drug-likeness (QED) is 0.512. The third-order valence-corrected chi connectivity index (χ3v) is 3.75. The van der Waals surface area contributed by atoms with Crippen LogP contribution in [0.1, 0.15) is 16.7 Å². The molecule has 2 rings (SSSR count). The Morgan fingerprint density at radius 2 is 1.93 bits per heavy atom. The highest BCUT2D eigenvalue weighted by Crippen LogP contribution is 2.33. The van der Waals surface area contributed by atoms with Crippen LogP contribution in [0.3, 0.4) is 0 Å². The van der Waals surface area contributed by atoms with Crippen LogP contribution in [-0.4, -0.2) is 38.1 Å². The van der Waals surface area contributed by atoms with Crippen LogP contribution in [0.25, 0.3) is 0 Å². The van der Waals surface area contributed by atoms with Crippen LogP contribution in [0.5, 0.6) is 17.2 Å². The molecule has 6 nitrogen and oxygen atoms in total. The predicted octanol–water partition coefficient (Wildman–Crippen LogP) is 3.51. The van der Waals surface area contributed by atoms with Crippen molar-refractivity contribution in [2.75, 3.05) is 20.8 Å². The topological polar surface area (TPSA) is 77.3 Å². The molecule has 6 heteroatoms. The highest BCUT2D eigenvalue weighted by atomic mass is 16.5. The van der Waals surface area contributed by atoms with Crippen molar-refractivity contribution >= 4 is 12.2 Å². The average molecular weight is 369 g/mol. The molecule has 0 unspecified atom stereocenters. The maximum absolute atomic E-state index is 10.8. The SMILES string of the molecule is C=CCc1cc(C=NCc2ccc(OC)cc2)cc(OC)c1OCC(=O)O. The summed E-state index contributed by atoms with van der Waals surface area (Å²) in [7, 11) is 3.14. The molecule has 0 aliphatic heterocycles. The Morgan fingerprint density at radius 1 is 1.19 bits per heavy atom. The number of aliphatic carboxylic acids is 1. The van der Waals surface area contributed by atoms with Crippen molar-refractivity contribution in [3.63, 3.8) is 0 Å². The van der Waals surface area contributed by atoms with Gasteiger partial charge >= 0.3 is 5.97 Å². The predicted molar refractivity (Wildman–Crippen MR) is 104 cm³/mol. The molecule has 0 spiro atoms. The molecule has 0 aliphatic carbocycles. The van der Waals surface area contributed by atoms with Crippen molar-refractivity contribution in [3.8, 4) is 17.2 Å². The van der Waals surface area contributed by atoms with E-state index >= 15 is 0 Å². The fourth-order valence-corrected chi connectivity index (χ4v) is 2.50. The van der Waals surface area contributed by atoms with E-state index < -0.39 is 12.6 Å². The van der Waals surface area contributed by atoms with E-state index in [1.54, 1.807) is 25.5 Å². The van der Waals surface area contributed by atoms with Gasteiger partial charge in [0.15, 0.2) is 18.1 Å². The van der Waals surface area contributed by atoms with Crippen LogP contribution >= 0.6 is 0 Å². The van der Waals surface area contributed by atoms with E-state index in [1.807, 2.05) is 30.3 Å². The lowest BCUT2D eigenvalue weighted by molar-refractivity contribution is -0.139. The van der Waals surface area contributed by atoms with Gasteiger partial charge in [0.25, 0.3) is 0 Å². The molecule has 0 fully saturated rings. The Hall–Kier alpha value is -3.28. The molecule has 142 valence electrons. The standard InChI is InChI=1S/C21H23NO5/c1-4-5-17-10-16(11-19(26-3)21(17)27-14-20(23)24)13-22-12-15-6-8-18(25-2)9-7-15/h4,6-11,13H,1,5,12,14H2,2-3H3,(H,23,24). The van der Waals surface area contributed by atoms with E-state index in [0.29, 0.717) is 24.5 Å². The van der Waals surface area contributed by atoms with Gasteiger partial charge in [0.1, 0.15) is 5.75 Å². The number of hydrogen-bond acceptors (Lipinski definition) is 5. The number of carboxylic acids is 1. The van der Waals surface area contributed by atoms with E-state index in [-0.39, 0.29) is 0 Å². The van der Waals surface area contributed by atoms with Crippen molar-refractivity contribution in [1.29, 1.82) is 0 Å². The van der Waals surface area contributed by atoms with Crippen LogP contribution < -0.4 is 14.2 Å². The lowest BCUT2D eigenvalue weighted by atomic mass is 10.1. The molecular formula is C21H23NO5. The lowest BCUT2D eigenvalue weighted by Gasteiger charge is -2.14. The van der Waals surface area contributed by atoms with Crippen molar-refractivity contribution in [2.24, 2.45) is 4.99 Å². The first-order valence-electron chi connectivity index (χ1n) is 8.36. The summed E-state index contributed by atoms with van der Waals surface area (Å²) in [4.78, 5) is 15.3. The molecule has 2 aromatic rings. The van der Waals surface area contributed by atoms with E-state index in [9.17, 15) is 4.79 Å². The average Bonchev–Trinajstić information content (AvgIpc) is 2.67. The summed E-state index contributed by atoms with van der Waals surface area (Å²) >= 11 is 0. The Bertz CT molecular complexity index is 812. The number of nitrogens with zero attached hydrogens (tertiary/aromatic N) is 1. The van der Waals surface area contributed by atoms with Gasteiger partial charge in [-0.15, -0.1) is 6.58 Å². The van der Waals surface area contributed by atoms with Gasteiger partial charge in [0.2, 0.25) is 0 Å². The minimum absolute atomic E-state index is 0.409. The maximum Gasteiger partial charge on any atom is 0.341 e. The Kier molecular flexibility index (Phi) is 7.43. The fourth-order valence-electron chi connectivity index (χ4n) is 2.50. The molecule has 27 heavy (non-hydrogen) atoms. The number of ether oxygens (including phenoxy) is 3. The maximum atomic E-state index is 10.8. The number of methoxy groups -OCH3 is 2. The van der Waals surface area contributed by atoms with Gasteiger partial charge < -0.3 is 19.3 Å². The second-order valence-corrected chi connectivity index (χ2v) is 5.70. The molecule has 0 amide bonds. The first kappa shape index (κ1) is 20.0. The molecule has 0 heterocycles. The van der Waals surface area contributed by atoms with Crippen molar-refractivity contribution < 1.29 is 24.1 Å². The lowest BCUT2D eigenvalue weighted by Crippen LogP contribution is -2.11. The number of rotatable bonds is 10. The number of carbonyl (C=O) groups is 1. The van der Waals surface area contributed by atoms with Crippen LogP contribution in [0.15, 0.2) is 54.0 Å². The fraction of sp³-hybridized carbons (Fsp3) is 0.238. The normalized spacial score (nSPS) is 10.6. The molecule has 0 radical (unpaired) electrons. The van der Waals surface area contributed by atoms with Gasteiger partial charge in [-0.25, -0.2) is 4.79 Å². The molecular weight excluding hydrogens is 346 g/mol.